The summed E-state index contributed by atoms with van der Waals surface area (Å²) in [5, 5.41) is 6.32. The van der Waals surface area contributed by atoms with Crippen LogP contribution < -0.4 is 21.3 Å². The standard InChI is InChI=1S/C28H34BrClN6O2/c1-18(31)6-7-23-25(35-27(37)21-4-2-3-5-22(21)30)24(29)26(34-23)28(38)33-15-8-19-11-16-36(17-12-19)20-9-13-32-14-10-20/h2-5,9-10,13-14,18-19,23H,6-8,11-12,15-17,31H2,1H3,(H,33,38)(H,35,37). The van der Waals surface area contributed by atoms with Crippen molar-refractivity contribution in [1.29, 1.82) is 0 Å². The van der Waals surface area contributed by atoms with Crippen molar-refractivity contribution in [2.45, 2.75) is 51.1 Å². The van der Waals surface area contributed by atoms with Crippen molar-refractivity contribution in [3.05, 3.63) is 69.6 Å². The molecule has 8 nitrogen and oxygen atoms in total. The van der Waals surface area contributed by atoms with E-state index in [1.807, 2.05) is 31.5 Å². The Labute approximate surface area is 237 Å². The van der Waals surface area contributed by atoms with Gasteiger partial charge in [-0.1, -0.05) is 23.7 Å². The highest BCUT2D eigenvalue weighted by Crippen LogP contribution is 2.29. The van der Waals surface area contributed by atoms with Gasteiger partial charge in [0.2, 0.25) is 0 Å². The molecule has 2 amide bonds. The van der Waals surface area contributed by atoms with E-state index >= 15 is 0 Å². The van der Waals surface area contributed by atoms with Gasteiger partial charge in [0.25, 0.3) is 11.8 Å². The number of halogens is 2. The fraction of sp³-hybridized carbons (Fsp3) is 0.429. The molecule has 0 spiro atoms. The summed E-state index contributed by atoms with van der Waals surface area (Å²) in [6.45, 7) is 4.50. The maximum Gasteiger partial charge on any atom is 0.270 e. The lowest BCUT2D eigenvalue weighted by atomic mass is 9.93. The van der Waals surface area contributed by atoms with Gasteiger partial charge in [-0.15, -0.1) is 0 Å². The number of carbonyl (C=O) groups is 2. The van der Waals surface area contributed by atoms with Crippen molar-refractivity contribution < 1.29 is 9.59 Å². The Kier molecular flexibility index (Phi) is 9.93. The molecule has 2 aliphatic heterocycles. The normalized spacial score (nSPS) is 18.8. The number of rotatable bonds is 10. The Morgan fingerprint density at radius 1 is 1.13 bits per heavy atom. The third-order valence-corrected chi connectivity index (χ3v) is 8.15. The number of nitrogens with zero attached hydrogens (tertiary/aromatic N) is 3. The molecule has 0 bridgehead atoms. The molecule has 1 aromatic heterocycles. The lowest BCUT2D eigenvalue weighted by molar-refractivity contribution is -0.114. The molecule has 2 aliphatic rings. The van der Waals surface area contributed by atoms with E-state index in [9.17, 15) is 9.59 Å². The molecule has 0 aliphatic carbocycles. The molecule has 2 atom stereocenters. The molecular weight excluding hydrogens is 568 g/mol. The summed E-state index contributed by atoms with van der Waals surface area (Å²) >= 11 is 9.75. The molecule has 2 aromatic rings. The molecule has 1 fully saturated rings. The topological polar surface area (TPSA) is 113 Å². The van der Waals surface area contributed by atoms with Gasteiger partial charge in [0.15, 0.2) is 0 Å². The summed E-state index contributed by atoms with van der Waals surface area (Å²) in [5.74, 6) is -0.0376. The first kappa shape index (κ1) is 28.3. The van der Waals surface area contributed by atoms with E-state index in [4.69, 9.17) is 17.3 Å². The van der Waals surface area contributed by atoms with Crippen LogP contribution in [0.1, 0.15) is 49.4 Å². The largest absolute Gasteiger partial charge is 0.371 e. The van der Waals surface area contributed by atoms with Crippen molar-refractivity contribution >= 4 is 50.7 Å². The Morgan fingerprint density at radius 2 is 1.84 bits per heavy atom. The van der Waals surface area contributed by atoms with Crippen LogP contribution in [-0.4, -0.2) is 54.2 Å². The van der Waals surface area contributed by atoms with E-state index < -0.39 is 0 Å². The minimum atomic E-state index is -0.375. The minimum absolute atomic E-state index is 0.0210. The van der Waals surface area contributed by atoms with Gasteiger partial charge in [-0.2, -0.15) is 0 Å². The number of amides is 2. The second-order valence-electron chi connectivity index (χ2n) is 9.89. The number of carbonyl (C=O) groups excluding carboxylic acids is 2. The van der Waals surface area contributed by atoms with Crippen molar-refractivity contribution in [1.82, 2.24) is 15.6 Å². The maximum absolute atomic E-state index is 13.1. The molecule has 3 heterocycles. The third kappa shape index (κ3) is 7.21. The van der Waals surface area contributed by atoms with Crippen LogP contribution in [-0.2, 0) is 4.79 Å². The van der Waals surface area contributed by atoms with E-state index in [2.05, 4.69) is 41.4 Å². The highest BCUT2D eigenvalue weighted by molar-refractivity contribution is 9.12. The van der Waals surface area contributed by atoms with Crippen molar-refractivity contribution in [2.75, 3.05) is 24.5 Å². The first-order valence-electron chi connectivity index (χ1n) is 13.1. The minimum Gasteiger partial charge on any atom is -0.371 e. The first-order valence-corrected chi connectivity index (χ1v) is 14.2. The number of hydrogen-bond donors (Lipinski definition) is 3. The molecule has 1 saturated heterocycles. The maximum atomic E-state index is 13.1. The van der Waals surface area contributed by atoms with E-state index in [1.165, 1.54) is 5.69 Å². The van der Waals surface area contributed by atoms with Crippen LogP contribution >= 0.6 is 27.5 Å². The Morgan fingerprint density at radius 3 is 2.53 bits per heavy atom. The quantitative estimate of drug-likeness (QED) is 0.373. The van der Waals surface area contributed by atoms with E-state index in [1.54, 1.807) is 24.3 Å². The van der Waals surface area contributed by atoms with Gasteiger partial charge < -0.3 is 21.3 Å². The molecule has 10 heteroatoms. The van der Waals surface area contributed by atoms with Gasteiger partial charge >= 0.3 is 0 Å². The fourth-order valence-corrected chi connectivity index (χ4v) is 5.69. The number of benzene rings is 1. The van der Waals surface area contributed by atoms with Crippen LogP contribution in [0.4, 0.5) is 5.69 Å². The van der Waals surface area contributed by atoms with Gasteiger partial charge in [-0.3, -0.25) is 19.6 Å². The average Bonchev–Trinajstić information content (AvgIpc) is 3.23. The monoisotopic (exact) mass is 600 g/mol. The predicted octanol–water partition coefficient (Wildman–Crippen LogP) is 4.44. The highest BCUT2D eigenvalue weighted by atomic mass is 79.9. The van der Waals surface area contributed by atoms with Crippen molar-refractivity contribution in [3.63, 3.8) is 0 Å². The van der Waals surface area contributed by atoms with Crippen molar-refractivity contribution in [3.8, 4) is 0 Å². The average molecular weight is 602 g/mol. The second-order valence-corrected chi connectivity index (χ2v) is 11.1. The SMILES string of the molecule is CC(N)CCC1N=C(C(=O)NCCC2CCN(c3ccncc3)CC2)C(Br)=C1NC(=O)c1ccccc1Cl. The molecule has 38 heavy (non-hydrogen) atoms. The molecule has 1 aromatic carbocycles. The Hall–Kier alpha value is -2.75. The van der Waals surface area contributed by atoms with Gasteiger partial charge in [0.05, 0.1) is 26.8 Å². The molecule has 4 rings (SSSR count). The number of pyridine rings is 1. The Balaban J connectivity index is 1.34. The lowest BCUT2D eigenvalue weighted by Gasteiger charge is -2.33. The molecule has 202 valence electrons. The molecule has 0 saturated carbocycles. The number of piperidine rings is 1. The zero-order chi connectivity index (χ0) is 27.1. The number of hydrogen-bond acceptors (Lipinski definition) is 6. The van der Waals surface area contributed by atoms with Crippen LogP contribution in [0.5, 0.6) is 0 Å². The van der Waals surface area contributed by atoms with Crippen LogP contribution in [0.15, 0.2) is 64.0 Å². The number of aliphatic imine (C=N–C) groups is 1. The summed E-state index contributed by atoms with van der Waals surface area (Å²) in [7, 11) is 0. The van der Waals surface area contributed by atoms with Gasteiger partial charge in [-0.25, -0.2) is 0 Å². The second kappa shape index (κ2) is 13.4. The van der Waals surface area contributed by atoms with E-state index in [0.29, 0.717) is 51.8 Å². The first-order chi connectivity index (χ1) is 18.3. The zero-order valence-electron chi connectivity index (χ0n) is 21.5. The highest BCUT2D eigenvalue weighted by Gasteiger charge is 2.32. The summed E-state index contributed by atoms with van der Waals surface area (Å²) in [6, 6.07) is 10.5. The third-order valence-electron chi connectivity index (χ3n) is 7.02. The number of anilines is 1. The van der Waals surface area contributed by atoms with Crippen LogP contribution in [0.25, 0.3) is 0 Å². The zero-order valence-corrected chi connectivity index (χ0v) is 23.8. The smallest absolute Gasteiger partial charge is 0.270 e. The van der Waals surface area contributed by atoms with Crippen LogP contribution in [0.3, 0.4) is 0 Å². The molecule has 4 N–H and O–H groups in total. The van der Waals surface area contributed by atoms with E-state index in [-0.39, 0.29) is 23.9 Å². The fourth-order valence-electron chi connectivity index (χ4n) is 4.82. The number of aromatic nitrogens is 1. The lowest BCUT2D eigenvalue weighted by Crippen LogP contribution is -2.36. The van der Waals surface area contributed by atoms with Gasteiger partial charge in [0.1, 0.15) is 5.71 Å². The molecule has 0 radical (unpaired) electrons. The summed E-state index contributed by atoms with van der Waals surface area (Å²) in [4.78, 5) is 37.2. The Bertz CT molecular complexity index is 1190. The molecular formula is C28H34BrClN6O2. The van der Waals surface area contributed by atoms with Gasteiger partial charge in [0, 0.05) is 43.8 Å². The number of nitrogens with one attached hydrogen (secondary N) is 2. The van der Waals surface area contributed by atoms with Crippen LogP contribution in [0.2, 0.25) is 5.02 Å². The van der Waals surface area contributed by atoms with Crippen molar-refractivity contribution in [2.24, 2.45) is 16.6 Å². The summed E-state index contributed by atoms with van der Waals surface area (Å²) < 4.78 is 0.496. The summed E-state index contributed by atoms with van der Waals surface area (Å²) in [5.41, 5.74) is 8.39. The molecule has 2 unspecified atom stereocenters. The predicted molar refractivity (Wildman–Crippen MR) is 156 cm³/mol. The van der Waals surface area contributed by atoms with Crippen LogP contribution in [0, 0.1) is 5.92 Å². The van der Waals surface area contributed by atoms with Gasteiger partial charge in [-0.05, 0) is 85.1 Å². The number of nitrogens with two attached hydrogens (primary N) is 1. The summed E-state index contributed by atoms with van der Waals surface area (Å²) in [6.07, 6.45) is 8.04. The van der Waals surface area contributed by atoms with E-state index in [0.717, 1.165) is 32.4 Å².